The zero-order valence-electron chi connectivity index (χ0n) is 23.1. The Hall–Kier alpha value is -3.67. The number of aryl methyl sites for hydroxylation is 1. The number of hydrogen-bond acceptors (Lipinski definition) is 10. The molecule has 5 heterocycles. The molecule has 2 saturated heterocycles. The fourth-order valence-corrected chi connectivity index (χ4v) is 5.71. The lowest BCUT2D eigenvalue weighted by Crippen LogP contribution is -2.46. The minimum atomic E-state index is 0.228. The maximum absolute atomic E-state index is 6.06. The maximum atomic E-state index is 6.06. The molecule has 40 heavy (non-hydrogen) atoms. The molecule has 2 fully saturated rings. The van der Waals surface area contributed by atoms with Gasteiger partial charge in [-0.2, -0.15) is 4.98 Å². The second-order valence-corrected chi connectivity index (χ2v) is 10.8. The molecule has 0 aliphatic carbocycles. The third kappa shape index (κ3) is 5.36. The van der Waals surface area contributed by atoms with Gasteiger partial charge in [-0.05, 0) is 42.8 Å². The molecule has 0 spiro atoms. The highest BCUT2D eigenvalue weighted by molar-refractivity contribution is 7.80. The molecule has 0 bridgehead atoms. The Morgan fingerprint density at radius 2 is 1.73 bits per heavy atom. The first kappa shape index (κ1) is 26.5. The van der Waals surface area contributed by atoms with Crippen LogP contribution in [0.1, 0.15) is 18.1 Å². The van der Waals surface area contributed by atoms with Gasteiger partial charge in [0.25, 0.3) is 0 Å². The predicted octanol–water partition coefficient (Wildman–Crippen LogP) is 3.18. The molecule has 11 heteroatoms. The molecule has 0 saturated carbocycles. The number of nitrogens with two attached hydrogens (primary N) is 1. The van der Waals surface area contributed by atoms with E-state index >= 15 is 0 Å². The van der Waals surface area contributed by atoms with Gasteiger partial charge in [-0.15, -0.1) is 0 Å². The molecule has 0 radical (unpaired) electrons. The minimum Gasteiger partial charge on any atom is -0.378 e. The lowest BCUT2D eigenvalue weighted by molar-refractivity contribution is 0.122. The Morgan fingerprint density at radius 1 is 0.975 bits per heavy atom. The van der Waals surface area contributed by atoms with Crippen molar-refractivity contribution in [1.82, 2.24) is 29.4 Å². The van der Waals surface area contributed by atoms with E-state index in [1.165, 1.54) is 16.8 Å². The Bertz CT molecular complexity index is 1510. The van der Waals surface area contributed by atoms with Crippen molar-refractivity contribution in [3.05, 3.63) is 54.0 Å². The van der Waals surface area contributed by atoms with Crippen molar-refractivity contribution in [3.63, 3.8) is 0 Å². The van der Waals surface area contributed by atoms with E-state index in [0.29, 0.717) is 25.6 Å². The Labute approximate surface area is 239 Å². The summed E-state index contributed by atoms with van der Waals surface area (Å²) < 4.78 is 7.58. The van der Waals surface area contributed by atoms with E-state index in [2.05, 4.69) is 56.7 Å². The van der Waals surface area contributed by atoms with Crippen LogP contribution in [0.5, 0.6) is 0 Å². The number of benzene rings is 1. The Morgan fingerprint density at radius 3 is 2.45 bits per heavy atom. The van der Waals surface area contributed by atoms with Crippen molar-refractivity contribution in [2.45, 2.75) is 20.3 Å². The topological polar surface area (TPSA) is 101 Å². The van der Waals surface area contributed by atoms with E-state index in [1.807, 2.05) is 16.8 Å². The average Bonchev–Trinajstić information content (AvgIpc) is 3.43. The van der Waals surface area contributed by atoms with E-state index in [9.17, 15) is 0 Å². The van der Waals surface area contributed by atoms with Crippen LogP contribution in [0.25, 0.3) is 22.3 Å². The maximum Gasteiger partial charge on any atom is 0.228 e. The molecule has 3 aromatic heterocycles. The molecule has 10 nitrogen and oxygen atoms in total. The van der Waals surface area contributed by atoms with Crippen LogP contribution in [-0.2, 0) is 11.2 Å². The number of rotatable bonds is 6. The van der Waals surface area contributed by atoms with Crippen molar-refractivity contribution >= 4 is 45.8 Å². The number of aromatic nitrogens is 5. The van der Waals surface area contributed by atoms with Crippen molar-refractivity contribution in [2.75, 3.05) is 74.6 Å². The van der Waals surface area contributed by atoms with Gasteiger partial charge in [0.05, 0.1) is 23.9 Å². The first-order chi connectivity index (χ1) is 19.5. The number of morpholine rings is 1. The number of ether oxygens (including phenoxy) is 1. The highest BCUT2D eigenvalue weighted by Crippen LogP contribution is 2.30. The van der Waals surface area contributed by atoms with Crippen molar-refractivity contribution < 1.29 is 4.74 Å². The van der Waals surface area contributed by atoms with E-state index in [1.54, 1.807) is 12.4 Å². The van der Waals surface area contributed by atoms with Gasteiger partial charge in [-0.25, -0.2) is 15.0 Å². The van der Waals surface area contributed by atoms with Crippen LogP contribution in [0.2, 0.25) is 0 Å². The Balaban J connectivity index is 1.33. The van der Waals surface area contributed by atoms with E-state index in [0.717, 1.165) is 73.1 Å². The summed E-state index contributed by atoms with van der Waals surface area (Å²) in [5.41, 5.74) is 11.8. The smallest absolute Gasteiger partial charge is 0.228 e. The summed E-state index contributed by atoms with van der Waals surface area (Å²) in [6.45, 7) is 12.5. The van der Waals surface area contributed by atoms with Gasteiger partial charge in [-0.1, -0.05) is 25.2 Å². The van der Waals surface area contributed by atoms with Gasteiger partial charge < -0.3 is 25.2 Å². The molecule has 0 unspecified atom stereocenters. The number of anilines is 3. The molecule has 208 valence electrons. The number of fused-ring (bicyclic) bond motifs is 1. The molecule has 1 aromatic carbocycles. The molecule has 2 N–H and O–H groups in total. The third-order valence-electron chi connectivity index (χ3n) is 7.90. The molecule has 0 atom stereocenters. The van der Waals surface area contributed by atoms with Gasteiger partial charge in [0.2, 0.25) is 11.9 Å². The van der Waals surface area contributed by atoms with Crippen molar-refractivity contribution in [3.8, 4) is 11.3 Å². The normalized spacial score (nSPS) is 16.6. The van der Waals surface area contributed by atoms with Crippen LogP contribution in [0, 0.1) is 6.92 Å². The lowest BCUT2D eigenvalue weighted by atomic mass is 10.0. The molecule has 4 aromatic rings. The predicted molar refractivity (Wildman–Crippen MR) is 163 cm³/mol. The summed E-state index contributed by atoms with van der Waals surface area (Å²) >= 11 is 6.06. The summed E-state index contributed by atoms with van der Waals surface area (Å²) in [5, 5.41) is 0.895. The van der Waals surface area contributed by atoms with Crippen LogP contribution in [0.15, 0.2) is 42.9 Å². The zero-order chi connectivity index (χ0) is 27.6. The zero-order valence-corrected chi connectivity index (χ0v) is 23.9. The number of likely N-dealkylation sites (N-methyl/N-ethyl adjacent to an activating group) is 1. The van der Waals surface area contributed by atoms with Crippen molar-refractivity contribution in [1.29, 1.82) is 0 Å². The average molecular weight is 558 g/mol. The molecule has 2 aliphatic heterocycles. The second kappa shape index (κ2) is 11.4. The Kier molecular flexibility index (Phi) is 7.59. The lowest BCUT2D eigenvalue weighted by Gasteiger charge is -2.35. The van der Waals surface area contributed by atoms with Crippen LogP contribution >= 0.6 is 12.2 Å². The first-order valence-corrected chi connectivity index (χ1v) is 14.3. The van der Waals surface area contributed by atoms with E-state index in [-0.39, 0.29) is 5.95 Å². The summed E-state index contributed by atoms with van der Waals surface area (Å²) in [4.78, 5) is 26.3. The largest absolute Gasteiger partial charge is 0.378 e. The monoisotopic (exact) mass is 557 g/mol. The number of thiocarbonyl (C=S) groups is 1. The molecule has 2 aliphatic rings. The number of hydrogen-bond donors (Lipinski definition) is 1. The summed E-state index contributed by atoms with van der Waals surface area (Å²) in [7, 11) is 0. The SMILES string of the molecule is CCN1CCN(c2ccc(C)c(CC(=S)n3ccc4c(-c5cnc(N)nc5)nc(N5CCOCC5)nc43)c2)CC1. The first-order valence-electron chi connectivity index (χ1n) is 13.9. The van der Waals surface area contributed by atoms with E-state index < -0.39 is 0 Å². The fourth-order valence-electron chi connectivity index (χ4n) is 5.40. The van der Waals surface area contributed by atoms with Gasteiger partial charge >= 0.3 is 0 Å². The van der Waals surface area contributed by atoms with Crippen molar-refractivity contribution in [2.24, 2.45) is 0 Å². The van der Waals surface area contributed by atoms with Crippen LogP contribution < -0.4 is 15.5 Å². The van der Waals surface area contributed by atoms with Crippen LogP contribution in [0.4, 0.5) is 17.6 Å². The fraction of sp³-hybridized carbons (Fsp3) is 0.414. The van der Waals surface area contributed by atoms with Gasteiger partial charge in [-0.3, -0.25) is 4.57 Å². The van der Waals surface area contributed by atoms with E-state index in [4.69, 9.17) is 32.7 Å². The number of piperazine rings is 1. The summed E-state index contributed by atoms with van der Waals surface area (Å²) in [6.07, 6.45) is 6.05. The quantitative estimate of drug-likeness (QED) is 0.356. The summed E-state index contributed by atoms with van der Waals surface area (Å²) in [5.74, 6) is 0.876. The van der Waals surface area contributed by atoms with Gasteiger partial charge in [0, 0.05) is 80.9 Å². The standard InChI is InChI=1S/C29H35N9OS/c1-3-35-8-10-36(11-9-35)23-5-4-20(2)21(16-23)17-25(40)38-7-6-24-26(22-18-31-28(30)32-19-22)33-29(34-27(24)38)37-12-14-39-15-13-37/h4-7,16,18-19H,3,8-15,17H2,1-2H3,(H2,30,31,32). The number of nitrogen functional groups attached to an aromatic ring is 1. The van der Waals surface area contributed by atoms with Crippen LogP contribution in [0.3, 0.4) is 0 Å². The molecular weight excluding hydrogens is 522 g/mol. The van der Waals surface area contributed by atoms with Gasteiger partial charge in [0.1, 0.15) is 0 Å². The molecule has 0 amide bonds. The third-order valence-corrected chi connectivity index (χ3v) is 8.24. The second-order valence-electron chi connectivity index (χ2n) is 10.3. The highest BCUT2D eigenvalue weighted by Gasteiger charge is 2.21. The number of nitrogens with zero attached hydrogens (tertiary/aromatic N) is 8. The van der Waals surface area contributed by atoms with Gasteiger partial charge in [0.15, 0.2) is 5.65 Å². The summed E-state index contributed by atoms with van der Waals surface area (Å²) in [6, 6.07) is 8.77. The molecule has 6 rings (SSSR count). The van der Waals surface area contributed by atoms with Crippen LogP contribution in [-0.4, -0.2) is 93.4 Å². The highest BCUT2D eigenvalue weighted by atomic mass is 32.1. The molecular formula is C29H35N9OS. The minimum absolute atomic E-state index is 0.228.